The average molecular weight is 592 g/mol. The van der Waals surface area contributed by atoms with E-state index in [0.29, 0.717) is 22.2 Å². The van der Waals surface area contributed by atoms with Gasteiger partial charge in [0.2, 0.25) is 5.91 Å². The van der Waals surface area contributed by atoms with Gasteiger partial charge in [-0.25, -0.2) is 0 Å². The van der Waals surface area contributed by atoms with E-state index in [4.69, 9.17) is 27.9 Å². The van der Waals surface area contributed by atoms with E-state index in [9.17, 15) is 9.59 Å². The Hall–Kier alpha value is -2.54. The summed E-state index contributed by atoms with van der Waals surface area (Å²) in [5.74, 6) is -0.186. The lowest BCUT2D eigenvalue weighted by atomic mass is 10.0. The van der Waals surface area contributed by atoms with Crippen LogP contribution in [0.5, 0.6) is 5.75 Å². The number of rotatable bonds is 11. The molecule has 1 N–H and O–H groups in total. The summed E-state index contributed by atoms with van der Waals surface area (Å²) in [5.41, 5.74) is 1.85. The minimum atomic E-state index is -0.734. The van der Waals surface area contributed by atoms with Gasteiger partial charge in [0.1, 0.15) is 11.8 Å². The lowest BCUT2D eigenvalue weighted by Crippen LogP contribution is -2.53. The predicted octanol–water partition coefficient (Wildman–Crippen LogP) is 6.69. The van der Waals surface area contributed by atoms with E-state index in [-0.39, 0.29) is 31.0 Å². The number of amides is 2. The summed E-state index contributed by atoms with van der Waals surface area (Å²) < 4.78 is 6.68. The Morgan fingerprint density at radius 1 is 1.00 bits per heavy atom. The molecule has 0 unspecified atom stereocenters. The van der Waals surface area contributed by atoms with Gasteiger partial charge in [0, 0.05) is 28.5 Å². The molecule has 2 atom stereocenters. The summed E-state index contributed by atoms with van der Waals surface area (Å²) in [6.07, 6.45) is 1.15. The molecule has 3 aromatic carbocycles. The quantitative estimate of drug-likeness (QED) is 0.270. The first-order valence-corrected chi connectivity index (χ1v) is 13.3. The minimum absolute atomic E-state index is 0.0236. The molecule has 2 amide bonds. The summed E-state index contributed by atoms with van der Waals surface area (Å²) in [4.78, 5) is 28.7. The number of halogens is 3. The molecule has 0 aliphatic carbocycles. The van der Waals surface area contributed by atoms with Gasteiger partial charge in [-0.1, -0.05) is 88.5 Å². The molecule has 3 aromatic rings. The second-order valence-corrected chi connectivity index (χ2v) is 10.3. The van der Waals surface area contributed by atoms with Crippen LogP contribution in [0.2, 0.25) is 10.0 Å². The van der Waals surface area contributed by atoms with Crippen LogP contribution in [-0.2, 0) is 22.6 Å². The fourth-order valence-corrected chi connectivity index (χ4v) is 4.32. The van der Waals surface area contributed by atoms with Crippen LogP contribution in [0.1, 0.15) is 31.4 Å². The van der Waals surface area contributed by atoms with Crippen molar-refractivity contribution in [1.29, 1.82) is 0 Å². The van der Waals surface area contributed by atoms with Crippen LogP contribution >= 0.6 is 39.1 Å². The van der Waals surface area contributed by atoms with E-state index in [1.165, 1.54) is 0 Å². The minimum Gasteiger partial charge on any atom is -0.482 e. The first kappa shape index (κ1) is 28.0. The van der Waals surface area contributed by atoms with Crippen molar-refractivity contribution >= 4 is 50.9 Å². The van der Waals surface area contributed by atoms with Crippen molar-refractivity contribution in [2.45, 2.75) is 45.3 Å². The van der Waals surface area contributed by atoms with Crippen molar-refractivity contribution in [2.75, 3.05) is 6.61 Å². The molecule has 3 rings (SSSR count). The third kappa shape index (κ3) is 8.26. The Morgan fingerprint density at radius 2 is 1.69 bits per heavy atom. The summed E-state index contributed by atoms with van der Waals surface area (Å²) in [7, 11) is 0. The first-order chi connectivity index (χ1) is 17.3. The molecule has 0 aliphatic rings. The van der Waals surface area contributed by atoms with E-state index in [0.717, 1.165) is 22.0 Å². The van der Waals surface area contributed by atoms with Crippen molar-refractivity contribution in [1.82, 2.24) is 10.2 Å². The van der Waals surface area contributed by atoms with Gasteiger partial charge in [-0.15, -0.1) is 0 Å². The Balaban J connectivity index is 1.91. The molecule has 0 radical (unpaired) electrons. The number of hydrogen-bond donors (Lipinski definition) is 1. The maximum atomic E-state index is 13.6. The highest BCUT2D eigenvalue weighted by atomic mass is 79.9. The van der Waals surface area contributed by atoms with Crippen molar-refractivity contribution in [3.63, 3.8) is 0 Å². The standard InChI is InChI=1S/C28H29BrCl2N2O3/c1-3-19(2)32-28(35)25(15-20-7-5-4-6-8-20)33(17-21-9-11-22(29)12-10-21)27(34)18-36-26-14-13-23(30)16-24(26)31/h4-14,16,19,25H,3,15,17-18H2,1-2H3,(H,32,35)/t19-,25-/m0/s1. The van der Waals surface area contributed by atoms with Gasteiger partial charge >= 0.3 is 0 Å². The zero-order valence-electron chi connectivity index (χ0n) is 20.2. The molecule has 8 heteroatoms. The molecular formula is C28H29BrCl2N2O3. The van der Waals surface area contributed by atoms with Crippen molar-refractivity contribution in [2.24, 2.45) is 0 Å². The van der Waals surface area contributed by atoms with Gasteiger partial charge in [-0.05, 0) is 54.8 Å². The highest BCUT2D eigenvalue weighted by Crippen LogP contribution is 2.27. The number of nitrogens with one attached hydrogen (secondary N) is 1. The van der Waals surface area contributed by atoms with Crippen LogP contribution < -0.4 is 10.1 Å². The van der Waals surface area contributed by atoms with Crippen LogP contribution in [0.4, 0.5) is 0 Å². The molecule has 0 aliphatic heterocycles. The topological polar surface area (TPSA) is 58.6 Å². The van der Waals surface area contributed by atoms with Crippen LogP contribution in [0, 0.1) is 0 Å². The zero-order valence-corrected chi connectivity index (χ0v) is 23.3. The Labute approximate surface area is 230 Å². The van der Waals surface area contributed by atoms with Gasteiger partial charge in [-0.3, -0.25) is 9.59 Å². The van der Waals surface area contributed by atoms with Crippen LogP contribution in [0.15, 0.2) is 77.3 Å². The largest absolute Gasteiger partial charge is 0.482 e. The fourth-order valence-electron chi connectivity index (χ4n) is 3.60. The van der Waals surface area contributed by atoms with Crippen molar-refractivity contribution in [3.8, 4) is 5.75 Å². The van der Waals surface area contributed by atoms with Crippen molar-refractivity contribution < 1.29 is 14.3 Å². The molecule has 36 heavy (non-hydrogen) atoms. The molecule has 0 heterocycles. The molecule has 5 nitrogen and oxygen atoms in total. The number of nitrogens with zero attached hydrogens (tertiary/aromatic N) is 1. The number of hydrogen-bond acceptors (Lipinski definition) is 3. The van der Waals surface area contributed by atoms with Gasteiger partial charge in [0.25, 0.3) is 5.91 Å². The highest BCUT2D eigenvalue weighted by molar-refractivity contribution is 9.10. The maximum absolute atomic E-state index is 13.6. The fraction of sp³-hybridized carbons (Fsp3) is 0.286. The molecule has 190 valence electrons. The van der Waals surface area contributed by atoms with Crippen LogP contribution in [0.25, 0.3) is 0 Å². The molecule has 0 saturated heterocycles. The normalized spacial score (nSPS) is 12.5. The zero-order chi connectivity index (χ0) is 26.1. The second-order valence-electron chi connectivity index (χ2n) is 8.53. The number of benzene rings is 3. The van der Waals surface area contributed by atoms with Crippen LogP contribution in [0.3, 0.4) is 0 Å². The SMILES string of the molecule is CC[C@H](C)NC(=O)[C@H](Cc1ccccc1)N(Cc1ccc(Br)cc1)C(=O)COc1ccc(Cl)cc1Cl. The number of carbonyl (C=O) groups excluding carboxylic acids is 2. The maximum Gasteiger partial charge on any atom is 0.261 e. The van der Waals surface area contributed by atoms with E-state index < -0.39 is 6.04 Å². The summed E-state index contributed by atoms with van der Waals surface area (Å²) in [6.45, 7) is 3.92. The van der Waals surface area contributed by atoms with E-state index in [1.54, 1.807) is 23.1 Å². The average Bonchev–Trinajstić information content (AvgIpc) is 2.87. The summed E-state index contributed by atoms with van der Waals surface area (Å²) in [5, 5.41) is 3.84. The van der Waals surface area contributed by atoms with E-state index in [1.807, 2.05) is 68.4 Å². The molecule has 0 bridgehead atoms. The monoisotopic (exact) mass is 590 g/mol. The molecule has 0 saturated carbocycles. The highest BCUT2D eigenvalue weighted by Gasteiger charge is 2.31. The Morgan fingerprint density at radius 3 is 2.33 bits per heavy atom. The molecular weight excluding hydrogens is 563 g/mol. The smallest absolute Gasteiger partial charge is 0.261 e. The number of carbonyl (C=O) groups is 2. The lowest BCUT2D eigenvalue weighted by Gasteiger charge is -2.32. The van der Waals surface area contributed by atoms with E-state index >= 15 is 0 Å². The Kier molecular flexibility index (Phi) is 10.7. The van der Waals surface area contributed by atoms with Gasteiger partial charge in [0.15, 0.2) is 6.61 Å². The summed E-state index contributed by atoms with van der Waals surface area (Å²) >= 11 is 15.7. The van der Waals surface area contributed by atoms with Gasteiger partial charge < -0.3 is 15.0 Å². The molecule has 0 fully saturated rings. The van der Waals surface area contributed by atoms with Crippen molar-refractivity contribution in [3.05, 3.63) is 98.4 Å². The first-order valence-electron chi connectivity index (χ1n) is 11.7. The van der Waals surface area contributed by atoms with Gasteiger partial charge in [-0.2, -0.15) is 0 Å². The lowest BCUT2D eigenvalue weighted by molar-refractivity contribution is -0.143. The van der Waals surface area contributed by atoms with Crippen LogP contribution in [-0.4, -0.2) is 35.4 Å². The summed E-state index contributed by atoms with van der Waals surface area (Å²) in [6, 6.07) is 21.4. The Bertz CT molecular complexity index is 1160. The van der Waals surface area contributed by atoms with Gasteiger partial charge in [0.05, 0.1) is 5.02 Å². The second kappa shape index (κ2) is 13.7. The third-order valence-electron chi connectivity index (χ3n) is 5.78. The number of ether oxygens (including phenoxy) is 1. The predicted molar refractivity (Wildman–Crippen MR) is 148 cm³/mol. The molecule has 0 spiro atoms. The third-order valence-corrected chi connectivity index (χ3v) is 6.84. The molecule has 0 aromatic heterocycles. The van der Waals surface area contributed by atoms with E-state index in [2.05, 4.69) is 21.2 Å².